The molecule has 26 heavy (non-hydrogen) atoms. The third-order valence-corrected chi connectivity index (χ3v) is 3.64. The van der Waals surface area contributed by atoms with Gasteiger partial charge in [-0.2, -0.15) is 0 Å². The second kappa shape index (κ2) is 7.06. The highest BCUT2D eigenvalue weighted by Gasteiger charge is 2.27. The van der Waals surface area contributed by atoms with Gasteiger partial charge in [0, 0.05) is 12.1 Å². The molecule has 0 atom stereocenters. The third kappa shape index (κ3) is 3.39. The van der Waals surface area contributed by atoms with E-state index in [0.29, 0.717) is 17.1 Å². The molecule has 1 aliphatic heterocycles. The first-order valence-electron chi connectivity index (χ1n) is 7.51. The van der Waals surface area contributed by atoms with E-state index in [9.17, 15) is 14.9 Å². The van der Waals surface area contributed by atoms with Crippen LogP contribution in [0.15, 0.2) is 53.2 Å². The lowest BCUT2D eigenvalue weighted by Gasteiger charge is -2.06. The Morgan fingerprint density at radius 3 is 2.65 bits per heavy atom. The number of nitrogens with zero attached hydrogens (tertiary/aromatic N) is 2. The van der Waals surface area contributed by atoms with Crippen LogP contribution in [-0.2, 0) is 9.53 Å². The van der Waals surface area contributed by atoms with Crippen LogP contribution in [0.4, 0.5) is 5.69 Å². The van der Waals surface area contributed by atoms with Crippen LogP contribution >= 0.6 is 0 Å². The van der Waals surface area contributed by atoms with Gasteiger partial charge in [-0.25, -0.2) is 9.79 Å². The summed E-state index contributed by atoms with van der Waals surface area (Å²) in [6.45, 7) is 0. The van der Waals surface area contributed by atoms with Crippen molar-refractivity contribution in [2.45, 2.75) is 0 Å². The molecule has 0 saturated carbocycles. The lowest BCUT2D eigenvalue weighted by Crippen LogP contribution is -2.07. The van der Waals surface area contributed by atoms with E-state index in [1.807, 2.05) is 0 Å². The van der Waals surface area contributed by atoms with Crippen molar-refractivity contribution in [1.29, 1.82) is 0 Å². The van der Waals surface area contributed by atoms with Crippen LogP contribution in [0.3, 0.4) is 0 Å². The number of aliphatic imine (C=N–C) groups is 1. The number of benzene rings is 2. The van der Waals surface area contributed by atoms with Crippen LogP contribution < -0.4 is 9.47 Å². The molecular formula is C18H14N2O6. The third-order valence-electron chi connectivity index (χ3n) is 3.64. The maximum atomic E-state index is 12.1. The van der Waals surface area contributed by atoms with Crippen LogP contribution in [-0.4, -0.2) is 31.0 Å². The van der Waals surface area contributed by atoms with Gasteiger partial charge in [-0.1, -0.05) is 12.1 Å². The molecule has 1 aliphatic rings. The number of hydrogen-bond donors (Lipinski definition) is 0. The summed E-state index contributed by atoms with van der Waals surface area (Å²) in [5.41, 5.74) is 0.836. The molecule has 2 aromatic carbocycles. The van der Waals surface area contributed by atoms with Crippen LogP contribution in [0, 0.1) is 10.1 Å². The summed E-state index contributed by atoms with van der Waals surface area (Å²) in [5, 5.41) is 11.0. The van der Waals surface area contributed by atoms with E-state index >= 15 is 0 Å². The Morgan fingerprint density at radius 1 is 1.15 bits per heavy atom. The summed E-state index contributed by atoms with van der Waals surface area (Å²) in [6, 6.07) is 11.0. The maximum absolute atomic E-state index is 12.1. The Balaban J connectivity index is 2.01. The molecule has 0 aliphatic carbocycles. The molecule has 0 radical (unpaired) electrons. The lowest BCUT2D eigenvalue weighted by atomic mass is 10.1. The van der Waals surface area contributed by atoms with Gasteiger partial charge < -0.3 is 14.2 Å². The summed E-state index contributed by atoms with van der Waals surface area (Å²) in [5.74, 6) is 0.237. The minimum atomic E-state index is -0.656. The largest absolute Gasteiger partial charge is 0.497 e. The molecule has 2 aromatic rings. The molecule has 3 rings (SSSR count). The van der Waals surface area contributed by atoms with Crippen molar-refractivity contribution in [3.63, 3.8) is 0 Å². The molecule has 132 valence electrons. The van der Waals surface area contributed by atoms with E-state index in [-0.39, 0.29) is 22.8 Å². The Morgan fingerprint density at radius 2 is 1.96 bits per heavy atom. The molecule has 1 heterocycles. The molecule has 0 fully saturated rings. The second-order valence-corrected chi connectivity index (χ2v) is 5.25. The summed E-state index contributed by atoms with van der Waals surface area (Å²) in [7, 11) is 2.95. The van der Waals surface area contributed by atoms with Crippen molar-refractivity contribution >= 4 is 23.6 Å². The monoisotopic (exact) mass is 354 g/mol. The molecule has 0 N–H and O–H groups in total. The van der Waals surface area contributed by atoms with E-state index in [1.54, 1.807) is 37.5 Å². The van der Waals surface area contributed by atoms with Crippen molar-refractivity contribution in [3.8, 4) is 11.5 Å². The van der Waals surface area contributed by atoms with Crippen molar-refractivity contribution in [3.05, 3.63) is 69.4 Å². The number of nitro benzene ring substituents is 1. The molecule has 8 nitrogen and oxygen atoms in total. The number of non-ortho nitro benzene ring substituents is 1. The summed E-state index contributed by atoms with van der Waals surface area (Å²) in [4.78, 5) is 26.7. The van der Waals surface area contributed by atoms with E-state index in [2.05, 4.69) is 4.99 Å². The van der Waals surface area contributed by atoms with Gasteiger partial charge in [0.25, 0.3) is 5.69 Å². The zero-order chi connectivity index (χ0) is 18.7. The summed E-state index contributed by atoms with van der Waals surface area (Å²) in [6.07, 6.45) is 1.54. The SMILES string of the molecule is COc1cccc(C=C2N=C(c3cc([N+](=O)[O-])ccc3OC)OC2=O)c1. The predicted octanol–water partition coefficient (Wildman–Crippen LogP) is 2.96. The second-order valence-electron chi connectivity index (χ2n) is 5.25. The Hall–Kier alpha value is -3.68. The van der Waals surface area contributed by atoms with Gasteiger partial charge in [0.15, 0.2) is 5.70 Å². The molecule has 0 aromatic heterocycles. The van der Waals surface area contributed by atoms with Gasteiger partial charge >= 0.3 is 5.97 Å². The first kappa shape index (κ1) is 17.2. The normalized spacial score (nSPS) is 14.8. The number of rotatable bonds is 5. The maximum Gasteiger partial charge on any atom is 0.363 e. The van der Waals surface area contributed by atoms with Crippen LogP contribution in [0.25, 0.3) is 6.08 Å². The van der Waals surface area contributed by atoms with Crippen molar-refractivity contribution in [1.82, 2.24) is 0 Å². The zero-order valence-corrected chi connectivity index (χ0v) is 14.0. The van der Waals surface area contributed by atoms with Crippen molar-refractivity contribution < 1.29 is 23.9 Å². The fourth-order valence-electron chi connectivity index (χ4n) is 2.39. The fourth-order valence-corrected chi connectivity index (χ4v) is 2.39. The van der Waals surface area contributed by atoms with Gasteiger partial charge in [0.1, 0.15) is 11.5 Å². The smallest absolute Gasteiger partial charge is 0.363 e. The first-order chi connectivity index (χ1) is 12.5. The van der Waals surface area contributed by atoms with Gasteiger partial charge in [-0.3, -0.25) is 10.1 Å². The molecule has 0 spiro atoms. The fraction of sp³-hybridized carbons (Fsp3) is 0.111. The molecule has 0 bridgehead atoms. The zero-order valence-electron chi connectivity index (χ0n) is 14.0. The number of carbonyl (C=O) groups excluding carboxylic acids is 1. The number of ether oxygens (including phenoxy) is 3. The molecular weight excluding hydrogens is 340 g/mol. The van der Waals surface area contributed by atoms with Crippen LogP contribution in [0.5, 0.6) is 11.5 Å². The van der Waals surface area contributed by atoms with Crippen molar-refractivity contribution in [2.75, 3.05) is 14.2 Å². The predicted molar refractivity (Wildman–Crippen MR) is 93.2 cm³/mol. The minimum absolute atomic E-state index is 0.0512. The summed E-state index contributed by atoms with van der Waals surface area (Å²) < 4.78 is 15.5. The Bertz CT molecular complexity index is 948. The number of methoxy groups -OCH3 is 2. The Labute approximate surface area is 148 Å². The highest BCUT2D eigenvalue weighted by Crippen LogP contribution is 2.29. The van der Waals surface area contributed by atoms with E-state index < -0.39 is 10.9 Å². The van der Waals surface area contributed by atoms with Gasteiger partial charge in [0.2, 0.25) is 5.90 Å². The Kier molecular flexibility index (Phi) is 4.66. The standard InChI is InChI=1S/C18H14N2O6/c1-24-13-5-3-4-11(8-13)9-15-18(21)26-17(19-15)14-10-12(20(22)23)6-7-16(14)25-2/h3-10H,1-2H3. The molecule has 8 heteroatoms. The lowest BCUT2D eigenvalue weighted by molar-refractivity contribution is -0.384. The molecule has 0 amide bonds. The van der Waals surface area contributed by atoms with Crippen LogP contribution in [0.2, 0.25) is 0 Å². The quantitative estimate of drug-likeness (QED) is 0.354. The number of carbonyl (C=O) groups is 1. The van der Waals surface area contributed by atoms with E-state index in [1.165, 1.54) is 25.3 Å². The number of cyclic esters (lactones) is 1. The average Bonchev–Trinajstić information content (AvgIpc) is 3.01. The topological polar surface area (TPSA) is 100 Å². The summed E-state index contributed by atoms with van der Waals surface area (Å²) >= 11 is 0. The first-order valence-corrected chi connectivity index (χ1v) is 7.51. The molecule has 0 unspecified atom stereocenters. The average molecular weight is 354 g/mol. The minimum Gasteiger partial charge on any atom is -0.497 e. The number of nitro groups is 1. The van der Waals surface area contributed by atoms with E-state index in [4.69, 9.17) is 14.2 Å². The van der Waals surface area contributed by atoms with Gasteiger partial charge in [-0.15, -0.1) is 0 Å². The van der Waals surface area contributed by atoms with E-state index in [0.717, 1.165) is 0 Å². The highest BCUT2D eigenvalue weighted by molar-refractivity contribution is 6.14. The van der Waals surface area contributed by atoms with Crippen molar-refractivity contribution in [2.24, 2.45) is 4.99 Å². The number of esters is 1. The molecule has 0 saturated heterocycles. The van der Waals surface area contributed by atoms with Gasteiger partial charge in [0.05, 0.1) is 24.7 Å². The van der Waals surface area contributed by atoms with Gasteiger partial charge in [-0.05, 0) is 29.8 Å². The highest BCUT2D eigenvalue weighted by atomic mass is 16.6. The van der Waals surface area contributed by atoms with Crippen LogP contribution in [0.1, 0.15) is 11.1 Å². The number of hydrogen-bond acceptors (Lipinski definition) is 7.